The zero-order valence-electron chi connectivity index (χ0n) is 40.1. The normalized spacial score (nSPS) is 17.3. The van der Waals surface area contributed by atoms with Gasteiger partial charge in [-0.3, -0.25) is 0 Å². The van der Waals surface area contributed by atoms with E-state index in [1.807, 2.05) is 42.5 Å². The summed E-state index contributed by atoms with van der Waals surface area (Å²) in [5.41, 5.74) is -1.32. The van der Waals surface area contributed by atoms with Crippen molar-refractivity contribution in [3.05, 3.63) is 157 Å². The maximum atomic E-state index is 9.78. The quantitative estimate of drug-likeness (QED) is 0.145. The molecule has 1 heterocycles. The molecule has 45 heavy (non-hydrogen) atoms. The van der Waals surface area contributed by atoms with E-state index in [0.717, 1.165) is 21.5 Å². The summed E-state index contributed by atoms with van der Waals surface area (Å²) in [4.78, 5) is 0. The molecule has 208 valence electrons. The van der Waals surface area contributed by atoms with Crippen molar-refractivity contribution < 1.29 is 27.7 Å². The van der Waals surface area contributed by atoms with Gasteiger partial charge in [-0.2, -0.15) is 0 Å². The zero-order valence-corrected chi connectivity index (χ0v) is 23.1. The highest BCUT2D eigenvalue weighted by molar-refractivity contribution is 6.23. The molecule has 0 amide bonds. The lowest BCUT2D eigenvalue weighted by Gasteiger charge is -2.18. The van der Waals surface area contributed by atoms with Crippen molar-refractivity contribution in [2.45, 2.75) is 0 Å². The molecule has 0 atom stereocenters. The monoisotopic (exact) mass is 587 g/mol. The lowest BCUT2D eigenvalue weighted by molar-refractivity contribution is 0.669. The number of benzene rings is 9. The number of rotatable bonds is 2. The molecular formula is C44H26O. The average Bonchev–Trinajstić information content (AvgIpc) is 3.69. The van der Waals surface area contributed by atoms with Crippen LogP contribution in [0.5, 0.6) is 0 Å². The fourth-order valence-corrected chi connectivity index (χ4v) is 6.32. The molecule has 0 aliphatic heterocycles. The number of hydrogen-bond acceptors (Lipinski definition) is 1. The third kappa shape index (κ3) is 3.62. The first-order valence-corrected chi connectivity index (χ1v) is 14.1. The fraction of sp³-hybridized carbons (Fsp3) is 0. The molecule has 0 aliphatic rings. The van der Waals surface area contributed by atoms with Crippen molar-refractivity contribution in [3.8, 4) is 22.3 Å². The van der Waals surface area contributed by atoms with E-state index in [2.05, 4.69) is 0 Å². The smallest absolute Gasteiger partial charge is 0.136 e. The summed E-state index contributed by atoms with van der Waals surface area (Å²) in [5.74, 6) is 0. The standard InChI is InChI=1S/C44H26O/c1-2-11-29-26-42-40(24-28(29)10-1)39-25-32(20-22-41(39)45-42)44-37-15-7-5-13-35(37)43(36-14-6-8-16-38(36)44)31-19-21-34-30(23-31)18-17-27-9-3-4-12-33(27)34/h1-26H/i1D,2D,5D,6D,7D,8D,10D,11D,13D,14D,15D,16D,20D,22D,24D,25D,26D. The van der Waals surface area contributed by atoms with Gasteiger partial charge >= 0.3 is 0 Å². The van der Waals surface area contributed by atoms with Crippen molar-refractivity contribution in [1.29, 1.82) is 0 Å². The number of furan rings is 1. The molecule has 0 N–H and O–H groups in total. The largest absolute Gasteiger partial charge is 0.456 e. The van der Waals surface area contributed by atoms with Gasteiger partial charge in [-0.1, -0.05) is 127 Å². The third-order valence-corrected chi connectivity index (χ3v) is 8.29. The Morgan fingerprint density at radius 1 is 0.378 bits per heavy atom. The Labute approximate surface area is 283 Å². The minimum atomic E-state index is -0.735. The summed E-state index contributed by atoms with van der Waals surface area (Å²) in [5, 5.41) is 1.22. The molecule has 1 nitrogen and oxygen atoms in total. The topological polar surface area (TPSA) is 13.1 Å². The highest BCUT2D eigenvalue weighted by Gasteiger charge is 2.18. The minimum absolute atomic E-state index is 0.0414. The molecule has 0 fully saturated rings. The Morgan fingerprint density at radius 2 is 0.978 bits per heavy atom. The van der Waals surface area contributed by atoms with E-state index >= 15 is 0 Å². The predicted molar refractivity (Wildman–Crippen MR) is 192 cm³/mol. The molecule has 0 spiro atoms. The van der Waals surface area contributed by atoms with E-state index in [1.54, 1.807) is 12.1 Å². The molecule has 9 aromatic carbocycles. The first-order chi connectivity index (χ1) is 29.4. The maximum absolute atomic E-state index is 9.78. The van der Waals surface area contributed by atoms with Crippen LogP contribution >= 0.6 is 0 Å². The summed E-state index contributed by atoms with van der Waals surface area (Å²) in [6.45, 7) is 0. The second-order valence-corrected chi connectivity index (χ2v) is 10.7. The lowest BCUT2D eigenvalue weighted by atomic mass is 9.85. The van der Waals surface area contributed by atoms with Crippen LogP contribution in [-0.2, 0) is 0 Å². The molecule has 0 saturated carbocycles. The summed E-state index contributed by atoms with van der Waals surface area (Å²) in [7, 11) is 0. The molecule has 0 saturated heterocycles. The molecule has 0 radical (unpaired) electrons. The molecule has 1 aromatic heterocycles. The van der Waals surface area contributed by atoms with Gasteiger partial charge in [0, 0.05) is 10.8 Å². The number of hydrogen-bond donors (Lipinski definition) is 0. The van der Waals surface area contributed by atoms with Gasteiger partial charge in [-0.25, -0.2) is 0 Å². The molecule has 0 aliphatic carbocycles. The van der Waals surface area contributed by atoms with Gasteiger partial charge in [0.15, 0.2) is 0 Å². The summed E-state index contributed by atoms with van der Waals surface area (Å²) in [6.07, 6.45) is 0. The SMILES string of the molecule is [2H]c1c(-c2c3c([2H])c([2H])c([2H])c([2H])c3c(-c3ccc4c(ccc5ccccc54)c3)c3c([2H])c([2H])c([2H])c([2H])c23)c([2H])c2c(oc3c([2H])c4c([2H])c([2H])c([2H])c([2H])c4c([2H])c32)c1[2H]. The second-order valence-electron chi connectivity index (χ2n) is 10.7. The van der Waals surface area contributed by atoms with Crippen LogP contribution in [0.1, 0.15) is 23.3 Å². The van der Waals surface area contributed by atoms with E-state index in [-0.39, 0.29) is 54.2 Å². The molecule has 10 aromatic rings. The molecular weight excluding hydrogens is 544 g/mol. The predicted octanol–water partition coefficient (Wildman–Crippen LogP) is 12.7. The van der Waals surface area contributed by atoms with Crippen LogP contribution in [0.25, 0.3) is 98.1 Å². The van der Waals surface area contributed by atoms with Gasteiger partial charge in [0.2, 0.25) is 0 Å². The van der Waals surface area contributed by atoms with Crippen molar-refractivity contribution >= 4 is 75.8 Å². The lowest BCUT2D eigenvalue weighted by Crippen LogP contribution is -1.91. The highest BCUT2D eigenvalue weighted by Crippen LogP contribution is 2.45. The Balaban J connectivity index is 1.46. The molecule has 10 rings (SSSR count). The van der Waals surface area contributed by atoms with Crippen LogP contribution in [0.15, 0.2) is 162 Å². The molecule has 1 heteroatoms. The maximum Gasteiger partial charge on any atom is 0.136 e. The Hall–Kier alpha value is -5.92. The summed E-state index contributed by atoms with van der Waals surface area (Å²) < 4.78 is 159. The van der Waals surface area contributed by atoms with Gasteiger partial charge in [-0.05, 0) is 106 Å². The summed E-state index contributed by atoms with van der Waals surface area (Å²) >= 11 is 0. The Morgan fingerprint density at radius 3 is 1.73 bits per heavy atom. The second kappa shape index (κ2) is 9.29. The highest BCUT2D eigenvalue weighted by atomic mass is 16.3. The zero-order chi connectivity index (χ0) is 44.3. The first-order valence-electron chi connectivity index (χ1n) is 22.6. The third-order valence-electron chi connectivity index (χ3n) is 8.29. The number of fused-ring (bicyclic) bond motifs is 9. The van der Waals surface area contributed by atoms with Crippen molar-refractivity contribution in [2.75, 3.05) is 0 Å². The minimum Gasteiger partial charge on any atom is -0.456 e. The van der Waals surface area contributed by atoms with Crippen LogP contribution in [0.2, 0.25) is 0 Å². The Kier molecular flexibility index (Phi) is 2.76. The first kappa shape index (κ1) is 13.4. The van der Waals surface area contributed by atoms with Crippen molar-refractivity contribution in [3.63, 3.8) is 0 Å². The van der Waals surface area contributed by atoms with Gasteiger partial charge in [-0.15, -0.1) is 0 Å². The van der Waals surface area contributed by atoms with Crippen LogP contribution in [0, 0.1) is 0 Å². The van der Waals surface area contributed by atoms with Gasteiger partial charge < -0.3 is 4.42 Å². The van der Waals surface area contributed by atoms with E-state index in [1.165, 1.54) is 0 Å². The van der Waals surface area contributed by atoms with Crippen molar-refractivity contribution in [2.24, 2.45) is 0 Å². The van der Waals surface area contributed by atoms with Crippen LogP contribution in [-0.4, -0.2) is 0 Å². The van der Waals surface area contributed by atoms with Crippen LogP contribution in [0.4, 0.5) is 0 Å². The van der Waals surface area contributed by atoms with Crippen LogP contribution in [0.3, 0.4) is 0 Å². The van der Waals surface area contributed by atoms with E-state index < -0.39 is 119 Å². The van der Waals surface area contributed by atoms with Crippen molar-refractivity contribution in [1.82, 2.24) is 0 Å². The average molecular weight is 588 g/mol. The van der Waals surface area contributed by atoms with Gasteiger partial charge in [0.05, 0.1) is 23.3 Å². The molecule has 0 unspecified atom stereocenters. The van der Waals surface area contributed by atoms with E-state index in [9.17, 15) is 11.0 Å². The Bertz CT molecular complexity index is 3700. The molecule has 0 bridgehead atoms. The van der Waals surface area contributed by atoms with E-state index in [4.69, 9.17) is 16.8 Å². The fourth-order valence-electron chi connectivity index (χ4n) is 6.32. The summed E-state index contributed by atoms with van der Waals surface area (Å²) in [6, 6.07) is 5.83. The van der Waals surface area contributed by atoms with Gasteiger partial charge in [0.1, 0.15) is 11.2 Å². The van der Waals surface area contributed by atoms with Gasteiger partial charge in [0.25, 0.3) is 0 Å². The van der Waals surface area contributed by atoms with Crippen LogP contribution < -0.4 is 0 Å². The van der Waals surface area contributed by atoms with E-state index in [0.29, 0.717) is 5.56 Å².